The van der Waals surface area contributed by atoms with Gasteiger partial charge in [-0.3, -0.25) is 9.59 Å². The quantitative estimate of drug-likeness (QED) is 0.510. The molecular weight excluding hydrogens is 444 g/mol. The van der Waals surface area contributed by atoms with Crippen molar-refractivity contribution >= 4 is 18.0 Å². The average molecular weight is 479 g/mol. The van der Waals surface area contributed by atoms with Gasteiger partial charge in [0.15, 0.2) is 0 Å². The van der Waals surface area contributed by atoms with Crippen LogP contribution >= 0.6 is 0 Å². The van der Waals surface area contributed by atoms with Crippen LogP contribution < -0.4 is 10.6 Å². The molecule has 0 saturated heterocycles. The van der Waals surface area contributed by atoms with Crippen molar-refractivity contribution in [3.8, 4) is 11.1 Å². The van der Waals surface area contributed by atoms with E-state index in [1.54, 1.807) is 0 Å². The molecule has 0 radical (unpaired) electrons. The van der Waals surface area contributed by atoms with E-state index in [-0.39, 0.29) is 37.3 Å². The fourth-order valence-electron chi connectivity index (χ4n) is 5.39. The second-order valence-corrected chi connectivity index (χ2v) is 9.84. The molecule has 3 N–H and O–H groups in total. The minimum absolute atomic E-state index is 0.00200. The maximum Gasteiger partial charge on any atom is 0.407 e. The minimum Gasteiger partial charge on any atom is -0.481 e. The van der Waals surface area contributed by atoms with Crippen LogP contribution in [0.25, 0.3) is 11.1 Å². The molecule has 2 aromatic rings. The first kappa shape index (κ1) is 24.8. The molecule has 0 heterocycles. The third-order valence-corrected chi connectivity index (χ3v) is 7.63. The number of fused-ring (bicyclic) bond motifs is 3. The zero-order valence-corrected chi connectivity index (χ0v) is 20.3. The minimum atomic E-state index is -1.02. The van der Waals surface area contributed by atoms with E-state index in [4.69, 9.17) is 9.84 Å². The van der Waals surface area contributed by atoms with E-state index in [0.717, 1.165) is 41.5 Å². The van der Waals surface area contributed by atoms with Crippen molar-refractivity contribution in [1.82, 2.24) is 10.6 Å². The van der Waals surface area contributed by atoms with Crippen molar-refractivity contribution in [2.45, 2.75) is 64.0 Å². The van der Waals surface area contributed by atoms with Crippen LogP contribution in [0.3, 0.4) is 0 Å². The zero-order valence-electron chi connectivity index (χ0n) is 20.3. The molecule has 7 heteroatoms. The van der Waals surface area contributed by atoms with Crippen LogP contribution in [0.1, 0.15) is 63.0 Å². The molecule has 2 aromatic carbocycles. The molecule has 2 aliphatic rings. The van der Waals surface area contributed by atoms with Gasteiger partial charge < -0.3 is 20.5 Å². The van der Waals surface area contributed by atoms with Crippen molar-refractivity contribution in [3.63, 3.8) is 0 Å². The topological polar surface area (TPSA) is 105 Å². The molecule has 4 unspecified atom stereocenters. The Hall–Kier alpha value is -3.35. The number of hydrogen-bond donors (Lipinski definition) is 3. The zero-order chi connectivity index (χ0) is 24.9. The number of carboxylic acids is 1. The molecular formula is C28H34N2O5. The van der Waals surface area contributed by atoms with Gasteiger partial charge in [-0.25, -0.2) is 4.79 Å². The van der Waals surface area contributed by atoms with Crippen LogP contribution in [-0.2, 0) is 14.3 Å². The lowest BCUT2D eigenvalue weighted by Gasteiger charge is -2.35. The van der Waals surface area contributed by atoms with Crippen LogP contribution in [0.4, 0.5) is 4.79 Å². The molecule has 2 aliphatic carbocycles. The van der Waals surface area contributed by atoms with Crippen LogP contribution in [-0.4, -0.2) is 41.8 Å². The van der Waals surface area contributed by atoms with Gasteiger partial charge >= 0.3 is 12.1 Å². The molecule has 2 amide bonds. The molecule has 0 bridgehead atoms. The maximum absolute atomic E-state index is 13.0. The number of aliphatic carboxylic acids is 1. The van der Waals surface area contributed by atoms with E-state index >= 15 is 0 Å². The van der Waals surface area contributed by atoms with Crippen LogP contribution in [0, 0.1) is 11.8 Å². The molecule has 1 fully saturated rings. The van der Waals surface area contributed by atoms with E-state index in [2.05, 4.69) is 36.6 Å². The number of carbonyl (C=O) groups excluding carboxylic acids is 2. The van der Waals surface area contributed by atoms with E-state index in [1.807, 2.05) is 36.4 Å². The predicted molar refractivity (Wildman–Crippen MR) is 133 cm³/mol. The lowest BCUT2D eigenvalue weighted by molar-refractivity contribution is -0.137. The summed E-state index contributed by atoms with van der Waals surface area (Å²) in [6, 6.07) is 15.2. The van der Waals surface area contributed by atoms with Gasteiger partial charge in [0, 0.05) is 18.4 Å². The monoisotopic (exact) mass is 478 g/mol. The van der Waals surface area contributed by atoms with E-state index in [9.17, 15) is 14.4 Å². The lowest BCUT2D eigenvalue weighted by atomic mass is 9.78. The van der Waals surface area contributed by atoms with Gasteiger partial charge in [0.1, 0.15) is 12.6 Å². The van der Waals surface area contributed by atoms with Crippen LogP contribution in [0.15, 0.2) is 48.5 Å². The first-order valence-electron chi connectivity index (χ1n) is 12.5. The number of hydrogen-bond acceptors (Lipinski definition) is 4. The van der Waals surface area contributed by atoms with Gasteiger partial charge in [0.05, 0.1) is 0 Å². The molecule has 7 nitrogen and oxygen atoms in total. The molecule has 0 spiro atoms. The summed E-state index contributed by atoms with van der Waals surface area (Å²) >= 11 is 0. The largest absolute Gasteiger partial charge is 0.481 e. The van der Waals surface area contributed by atoms with Gasteiger partial charge in [-0.05, 0) is 46.9 Å². The first-order chi connectivity index (χ1) is 16.8. The number of rotatable bonds is 8. The highest BCUT2D eigenvalue weighted by Crippen LogP contribution is 2.44. The number of amides is 2. The second-order valence-electron chi connectivity index (χ2n) is 9.84. The van der Waals surface area contributed by atoms with Crippen LogP contribution in [0.5, 0.6) is 0 Å². The lowest BCUT2D eigenvalue weighted by Crippen LogP contribution is -2.52. The number of ether oxygens (including phenoxy) is 1. The standard InChI is InChI=1S/C28H34N2O5/c1-17-8-7-13-24(18(17)2)29-27(33)25(14-15-26(31)32)30-28(34)35-16-23-21-11-5-3-9-19(21)20-10-4-6-12-22(20)23/h3-6,9-12,17-18,23-25H,7-8,13-16H2,1-2H3,(H,29,33)(H,30,34)(H,31,32). The number of benzene rings is 2. The predicted octanol–water partition coefficient (Wildman–Crippen LogP) is 4.70. The smallest absolute Gasteiger partial charge is 0.407 e. The highest BCUT2D eigenvalue weighted by molar-refractivity contribution is 5.86. The Labute approximate surface area is 206 Å². The van der Waals surface area contributed by atoms with Gasteiger partial charge in [-0.2, -0.15) is 0 Å². The van der Waals surface area contributed by atoms with Crippen molar-refractivity contribution < 1.29 is 24.2 Å². The summed E-state index contributed by atoms with van der Waals surface area (Å²) in [6.07, 6.45) is 2.11. The molecule has 1 saturated carbocycles. The molecule has 0 aliphatic heterocycles. The van der Waals surface area contributed by atoms with Crippen molar-refractivity contribution in [2.24, 2.45) is 11.8 Å². The Morgan fingerprint density at radius 3 is 2.26 bits per heavy atom. The highest BCUT2D eigenvalue weighted by Gasteiger charge is 2.32. The summed E-state index contributed by atoms with van der Waals surface area (Å²) in [7, 11) is 0. The van der Waals surface area contributed by atoms with Gasteiger partial charge in [-0.1, -0.05) is 75.2 Å². The summed E-state index contributed by atoms with van der Waals surface area (Å²) in [5, 5.41) is 14.8. The number of carbonyl (C=O) groups is 3. The summed E-state index contributed by atoms with van der Waals surface area (Å²) in [4.78, 5) is 36.9. The van der Waals surface area contributed by atoms with E-state index in [0.29, 0.717) is 11.8 Å². The average Bonchev–Trinajstić information content (AvgIpc) is 3.17. The van der Waals surface area contributed by atoms with Gasteiger partial charge in [0.2, 0.25) is 5.91 Å². The molecule has 4 rings (SSSR count). The third kappa shape index (κ3) is 5.66. The summed E-state index contributed by atoms with van der Waals surface area (Å²) in [6.45, 7) is 4.43. The Balaban J connectivity index is 1.40. The Morgan fingerprint density at radius 1 is 1.00 bits per heavy atom. The molecule has 4 atom stereocenters. The SMILES string of the molecule is CC1CCCC(NC(=O)C(CCC(=O)O)NC(=O)OCC2c3ccccc3-c3ccccc32)C1C. The van der Waals surface area contributed by atoms with Crippen molar-refractivity contribution in [3.05, 3.63) is 59.7 Å². The van der Waals surface area contributed by atoms with E-state index in [1.165, 1.54) is 0 Å². The maximum atomic E-state index is 13.0. The fourth-order valence-corrected chi connectivity index (χ4v) is 5.39. The Bertz CT molecular complexity index is 1040. The fraction of sp³-hybridized carbons (Fsp3) is 0.464. The van der Waals surface area contributed by atoms with Crippen molar-refractivity contribution in [1.29, 1.82) is 0 Å². The molecule has 186 valence electrons. The van der Waals surface area contributed by atoms with E-state index < -0.39 is 18.1 Å². The second kappa shape index (κ2) is 10.9. The summed E-state index contributed by atoms with van der Waals surface area (Å²) in [5.74, 6) is -0.643. The normalized spacial score (nSPS) is 21.9. The van der Waals surface area contributed by atoms with Gasteiger partial charge in [0.25, 0.3) is 0 Å². The summed E-state index contributed by atoms with van der Waals surface area (Å²) < 4.78 is 5.58. The summed E-state index contributed by atoms with van der Waals surface area (Å²) in [5.41, 5.74) is 4.46. The van der Waals surface area contributed by atoms with Crippen molar-refractivity contribution in [2.75, 3.05) is 6.61 Å². The van der Waals surface area contributed by atoms with Crippen LogP contribution in [0.2, 0.25) is 0 Å². The number of alkyl carbamates (subject to hydrolysis) is 1. The highest BCUT2D eigenvalue weighted by atomic mass is 16.5. The number of nitrogens with one attached hydrogen (secondary N) is 2. The third-order valence-electron chi connectivity index (χ3n) is 7.63. The number of carboxylic acid groups (broad SMARTS) is 1. The first-order valence-corrected chi connectivity index (χ1v) is 12.5. The molecule has 35 heavy (non-hydrogen) atoms. The Morgan fingerprint density at radius 2 is 1.63 bits per heavy atom. The molecule has 0 aromatic heterocycles. The Kier molecular flexibility index (Phi) is 7.73. The van der Waals surface area contributed by atoms with Gasteiger partial charge in [-0.15, -0.1) is 0 Å².